The summed E-state index contributed by atoms with van der Waals surface area (Å²) in [4.78, 5) is 10.3. The smallest absolute Gasteiger partial charge is 0.258 e. The Labute approximate surface area is 102 Å². The number of halogens is 1. The van der Waals surface area contributed by atoms with Crippen LogP contribution < -0.4 is 0 Å². The average molecular weight is 333 g/mol. The number of rotatable bonds is 2. The average Bonchev–Trinajstić information content (AvgIpc) is 2.65. The Bertz CT molecular complexity index is 514. The highest BCUT2D eigenvalue weighted by atomic mass is 127. The van der Waals surface area contributed by atoms with Gasteiger partial charge in [0, 0.05) is 6.07 Å². The summed E-state index contributed by atoms with van der Waals surface area (Å²) < 4.78 is 0.765. The Morgan fingerprint density at radius 1 is 1.33 bits per heavy atom. The molecule has 76 valence electrons. The van der Waals surface area contributed by atoms with Crippen LogP contribution in [-0.4, -0.2) is 15.1 Å². The summed E-state index contributed by atoms with van der Waals surface area (Å²) in [6, 6.07) is 6.52. The standard InChI is InChI=1S/C8H4IN3O2S/c9-8-11-10-7(15-8)5-3-1-2-4-6(5)12(13)14/h1-4H. The van der Waals surface area contributed by atoms with E-state index in [1.807, 2.05) is 22.6 Å². The molecule has 1 aromatic carbocycles. The Hall–Kier alpha value is -1.09. The van der Waals surface area contributed by atoms with E-state index in [9.17, 15) is 10.1 Å². The van der Waals surface area contributed by atoms with E-state index in [1.165, 1.54) is 17.4 Å². The zero-order valence-electron chi connectivity index (χ0n) is 7.25. The molecule has 0 aliphatic rings. The number of nitro benzene ring substituents is 1. The summed E-state index contributed by atoms with van der Waals surface area (Å²) in [7, 11) is 0. The Morgan fingerprint density at radius 3 is 2.67 bits per heavy atom. The normalized spacial score (nSPS) is 10.2. The largest absolute Gasteiger partial charge is 0.279 e. The molecule has 2 rings (SSSR count). The van der Waals surface area contributed by atoms with E-state index < -0.39 is 4.92 Å². The fraction of sp³-hybridized carbons (Fsp3) is 0. The Kier molecular flexibility index (Phi) is 2.91. The lowest BCUT2D eigenvalue weighted by molar-refractivity contribution is -0.384. The van der Waals surface area contributed by atoms with Crippen LogP contribution in [0.5, 0.6) is 0 Å². The highest BCUT2D eigenvalue weighted by molar-refractivity contribution is 14.1. The van der Waals surface area contributed by atoms with Crippen LogP contribution in [0.3, 0.4) is 0 Å². The second-order valence-electron chi connectivity index (χ2n) is 2.63. The first kappa shape index (κ1) is 10.4. The Balaban J connectivity index is 2.57. The molecule has 0 saturated carbocycles. The van der Waals surface area contributed by atoms with Crippen molar-refractivity contribution in [1.82, 2.24) is 10.2 Å². The van der Waals surface area contributed by atoms with Gasteiger partial charge in [0.1, 0.15) is 0 Å². The van der Waals surface area contributed by atoms with Gasteiger partial charge >= 0.3 is 0 Å². The van der Waals surface area contributed by atoms with E-state index in [-0.39, 0.29) is 5.69 Å². The molecule has 0 saturated heterocycles. The molecule has 0 bridgehead atoms. The summed E-state index contributed by atoms with van der Waals surface area (Å²) in [5.41, 5.74) is 0.577. The molecule has 0 unspecified atom stereocenters. The minimum Gasteiger partial charge on any atom is -0.258 e. The molecule has 0 fully saturated rings. The minimum atomic E-state index is -0.413. The van der Waals surface area contributed by atoms with Crippen molar-refractivity contribution in [1.29, 1.82) is 0 Å². The van der Waals surface area contributed by atoms with Crippen molar-refractivity contribution >= 4 is 39.6 Å². The zero-order valence-corrected chi connectivity index (χ0v) is 10.2. The SMILES string of the molecule is O=[N+]([O-])c1ccccc1-c1nnc(I)s1. The number of hydrogen-bond donors (Lipinski definition) is 0. The van der Waals surface area contributed by atoms with Crippen LogP contribution in [0.4, 0.5) is 5.69 Å². The van der Waals surface area contributed by atoms with Gasteiger partial charge in [0.25, 0.3) is 5.69 Å². The summed E-state index contributed by atoms with van der Waals surface area (Å²) in [5, 5.41) is 19.0. The van der Waals surface area contributed by atoms with Crippen molar-refractivity contribution in [2.75, 3.05) is 0 Å². The van der Waals surface area contributed by atoms with Crippen molar-refractivity contribution in [3.05, 3.63) is 37.4 Å². The third-order valence-electron chi connectivity index (χ3n) is 1.73. The predicted octanol–water partition coefficient (Wildman–Crippen LogP) is 2.72. The first-order chi connectivity index (χ1) is 7.18. The van der Waals surface area contributed by atoms with Gasteiger partial charge in [-0.3, -0.25) is 10.1 Å². The Morgan fingerprint density at radius 2 is 2.07 bits per heavy atom. The molecule has 0 aliphatic carbocycles. The van der Waals surface area contributed by atoms with Crippen molar-refractivity contribution < 1.29 is 4.92 Å². The third-order valence-corrected chi connectivity index (χ3v) is 3.35. The molecule has 2 aromatic rings. The molecule has 0 aliphatic heterocycles. The van der Waals surface area contributed by atoms with Crippen LogP contribution >= 0.6 is 33.9 Å². The van der Waals surface area contributed by atoms with Crippen molar-refractivity contribution in [3.8, 4) is 10.6 Å². The quantitative estimate of drug-likeness (QED) is 0.481. The van der Waals surface area contributed by atoms with Crippen LogP contribution in [-0.2, 0) is 0 Å². The van der Waals surface area contributed by atoms with Gasteiger partial charge in [-0.05, 0) is 28.7 Å². The summed E-state index contributed by atoms with van der Waals surface area (Å²) in [6.07, 6.45) is 0. The van der Waals surface area contributed by atoms with Gasteiger partial charge in [0.05, 0.1) is 10.5 Å². The monoisotopic (exact) mass is 333 g/mol. The van der Waals surface area contributed by atoms with Crippen LogP contribution in [0.2, 0.25) is 0 Å². The molecule has 7 heteroatoms. The van der Waals surface area contributed by atoms with E-state index in [2.05, 4.69) is 10.2 Å². The number of benzene rings is 1. The first-order valence-electron chi connectivity index (χ1n) is 3.91. The fourth-order valence-corrected chi connectivity index (χ4v) is 2.47. The van der Waals surface area contributed by atoms with Crippen molar-refractivity contribution in [2.24, 2.45) is 0 Å². The highest BCUT2D eigenvalue weighted by Gasteiger charge is 2.17. The molecule has 0 amide bonds. The molecule has 0 atom stereocenters. The second kappa shape index (κ2) is 4.19. The number of aromatic nitrogens is 2. The van der Waals surface area contributed by atoms with Gasteiger partial charge in [-0.15, -0.1) is 10.2 Å². The summed E-state index contributed by atoms with van der Waals surface area (Å²) >= 11 is 3.36. The van der Waals surface area contributed by atoms with E-state index in [4.69, 9.17) is 0 Å². The topological polar surface area (TPSA) is 68.9 Å². The molecule has 0 radical (unpaired) electrons. The maximum atomic E-state index is 10.8. The molecular weight excluding hydrogens is 329 g/mol. The van der Waals surface area contributed by atoms with Crippen molar-refractivity contribution in [3.63, 3.8) is 0 Å². The number of nitro groups is 1. The minimum absolute atomic E-state index is 0.0602. The van der Waals surface area contributed by atoms with Gasteiger partial charge < -0.3 is 0 Å². The zero-order chi connectivity index (χ0) is 10.8. The fourth-order valence-electron chi connectivity index (χ4n) is 1.13. The van der Waals surface area contributed by atoms with Crippen LogP contribution in [0.25, 0.3) is 10.6 Å². The number of nitrogens with zero attached hydrogens (tertiary/aromatic N) is 3. The van der Waals surface area contributed by atoms with Gasteiger partial charge in [-0.25, -0.2) is 0 Å². The van der Waals surface area contributed by atoms with Crippen molar-refractivity contribution in [2.45, 2.75) is 0 Å². The molecule has 15 heavy (non-hydrogen) atoms. The molecule has 0 N–H and O–H groups in total. The lowest BCUT2D eigenvalue weighted by Crippen LogP contribution is -1.90. The van der Waals surface area contributed by atoms with Crippen LogP contribution in [0.15, 0.2) is 24.3 Å². The third kappa shape index (κ3) is 2.12. The van der Waals surface area contributed by atoms with Gasteiger partial charge in [0.15, 0.2) is 8.02 Å². The predicted molar refractivity (Wildman–Crippen MR) is 64.7 cm³/mol. The molecule has 1 aromatic heterocycles. The highest BCUT2D eigenvalue weighted by Crippen LogP contribution is 2.31. The maximum Gasteiger partial charge on any atom is 0.279 e. The molecule has 0 spiro atoms. The van der Waals surface area contributed by atoms with Gasteiger partial charge in [-0.2, -0.15) is 0 Å². The molecule has 1 heterocycles. The number of para-hydroxylation sites is 1. The first-order valence-corrected chi connectivity index (χ1v) is 5.81. The molecule has 5 nitrogen and oxygen atoms in total. The summed E-state index contributed by atoms with van der Waals surface area (Å²) in [6.45, 7) is 0. The second-order valence-corrected chi connectivity index (χ2v) is 5.37. The van der Waals surface area contributed by atoms with E-state index in [0.29, 0.717) is 10.6 Å². The van der Waals surface area contributed by atoms with E-state index in [0.717, 1.165) is 3.01 Å². The van der Waals surface area contributed by atoms with Crippen LogP contribution in [0.1, 0.15) is 0 Å². The van der Waals surface area contributed by atoms with E-state index >= 15 is 0 Å². The lowest BCUT2D eigenvalue weighted by Gasteiger charge is -1.96. The van der Waals surface area contributed by atoms with Gasteiger partial charge in [0.2, 0.25) is 0 Å². The number of hydrogen-bond acceptors (Lipinski definition) is 5. The van der Waals surface area contributed by atoms with E-state index in [1.54, 1.807) is 18.2 Å². The maximum absolute atomic E-state index is 10.8. The van der Waals surface area contributed by atoms with Crippen LogP contribution in [0, 0.1) is 13.1 Å². The summed E-state index contributed by atoms with van der Waals surface area (Å²) in [5.74, 6) is 0. The molecular formula is C8H4IN3O2S. The lowest BCUT2D eigenvalue weighted by atomic mass is 10.2. The van der Waals surface area contributed by atoms with Gasteiger partial charge in [-0.1, -0.05) is 23.5 Å².